The lowest BCUT2D eigenvalue weighted by atomic mass is 9.92. The van der Waals surface area contributed by atoms with Gasteiger partial charge in [-0.1, -0.05) is 12.1 Å². The lowest BCUT2D eigenvalue weighted by Gasteiger charge is -2.21. The first kappa shape index (κ1) is 18.9. The van der Waals surface area contributed by atoms with E-state index in [0.717, 1.165) is 11.8 Å². The van der Waals surface area contributed by atoms with Crippen LogP contribution >= 0.6 is 12.4 Å². The second kappa shape index (κ2) is 7.06. The Morgan fingerprint density at radius 1 is 1.25 bits per heavy atom. The van der Waals surface area contributed by atoms with E-state index < -0.39 is 15.3 Å². The molecule has 0 saturated carbocycles. The van der Waals surface area contributed by atoms with Gasteiger partial charge in [0.2, 0.25) is 5.91 Å². The van der Waals surface area contributed by atoms with Gasteiger partial charge in [-0.2, -0.15) is 0 Å². The minimum Gasteiger partial charge on any atom is -0.352 e. The van der Waals surface area contributed by atoms with Gasteiger partial charge in [-0.05, 0) is 31.5 Å². The molecule has 0 radical (unpaired) electrons. The number of hydrogen-bond acceptors (Lipinski definition) is 4. The van der Waals surface area contributed by atoms with Crippen LogP contribution in [0.5, 0.6) is 0 Å². The first-order valence-electron chi connectivity index (χ1n) is 5.94. The van der Waals surface area contributed by atoms with E-state index in [1.165, 1.54) is 12.1 Å². The molecule has 0 fully saturated rings. The van der Waals surface area contributed by atoms with Crippen molar-refractivity contribution in [3.05, 3.63) is 29.8 Å². The lowest BCUT2D eigenvalue weighted by molar-refractivity contribution is -0.129. The first-order valence-corrected chi connectivity index (χ1v) is 7.83. The Kier molecular flexibility index (Phi) is 6.67. The summed E-state index contributed by atoms with van der Waals surface area (Å²) in [6, 6.07) is 6.44. The number of amides is 1. The van der Waals surface area contributed by atoms with Gasteiger partial charge in [0.05, 0.1) is 10.3 Å². The first-order chi connectivity index (χ1) is 8.66. The Morgan fingerprint density at radius 3 is 2.15 bits per heavy atom. The molecule has 0 aliphatic heterocycles. The molecule has 1 amide bonds. The fraction of sp³-hybridized carbons (Fsp3) is 0.462. The zero-order chi connectivity index (χ0) is 14.7. The molecule has 0 saturated heterocycles. The van der Waals surface area contributed by atoms with Crippen LogP contribution in [0.4, 0.5) is 0 Å². The second-order valence-electron chi connectivity index (χ2n) is 5.19. The maximum absolute atomic E-state index is 11.8. The van der Waals surface area contributed by atoms with Gasteiger partial charge in [0, 0.05) is 19.3 Å². The average molecular weight is 321 g/mol. The topological polar surface area (TPSA) is 89.3 Å². The van der Waals surface area contributed by atoms with Crippen molar-refractivity contribution in [2.45, 2.75) is 25.3 Å². The van der Waals surface area contributed by atoms with E-state index in [9.17, 15) is 13.2 Å². The molecule has 1 aromatic rings. The molecule has 0 bridgehead atoms. The van der Waals surface area contributed by atoms with Gasteiger partial charge >= 0.3 is 0 Å². The van der Waals surface area contributed by atoms with E-state index in [1.54, 1.807) is 26.0 Å². The van der Waals surface area contributed by atoms with Crippen LogP contribution < -0.4 is 11.1 Å². The molecular weight excluding hydrogens is 300 g/mol. The molecule has 0 atom stereocenters. The normalized spacial score (nSPS) is 11.6. The molecule has 0 unspecified atom stereocenters. The van der Waals surface area contributed by atoms with Crippen molar-refractivity contribution in [2.75, 3.05) is 12.8 Å². The number of halogens is 1. The Labute approximate surface area is 126 Å². The van der Waals surface area contributed by atoms with Crippen molar-refractivity contribution >= 4 is 28.2 Å². The van der Waals surface area contributed by atoms with Crippen LogP contribution in [0, 0.1) is 5.41 Å². The van der Waals surface area contributed by atoms with Crippen LogP contribution in [0.15, 0.2) is 29.2 Å². The van der Waals surface area contributed by atoms with Gasteiger partial charge in [-0.3, -0.25) is 4.79 Å². The number of carbonyl (C=O) groups is 1. The maximum Gasteiger partial charge on any atom is 0.227 e. The zero-order valence-corrected chi connectivity index (χ0v) is 13.5. The van der Waals surface area contributed by atoms with E-state index in [4.69, 9.17) is 5.73 Å². The molecule has 3 N–H and O–H groups in total. The van der Waals surface area contributed by atoms with E-state index in [1.807, 2.05) is 0 Å². The summed E-state index contributed by atoms with van der Waals surface area (Å²) in [6.07, 6.45) is 1.16. The average Bonchev–Trinajstić information content (AvgIpc) is 2.35. The number of sulfone groups is 1. The van der Waals surface area contributed by atoms with Gasteiger partial charge in [-0.15, -0.1) is 12.4 Å². The summed E-state index contributed by atoms with van der Waals surface area (Å²) in [7, 11) is -3.18. The zero-order valence-electron chi connectivity index (χ0n) is 11.8. The quantitative estimate of drug-likeness (QED) is 0.850. The highest BCUT2D eigenvalue weighted by molar-refractivity contribution is 7.90. The van der Waals surface area contributed by atoms with Crippen LogP contribution in [0.1, 0.15) is 19.4 Å². The van der Waals surface area contributed by atoms with Gasteiger partial charge in [0.1, 0.15) is 0 Å². The molecule has 5 nitrogen and oxygen atoms in total. The Balaban J connectivity index is 0.00000361. The third-order valence-corrected chi connectivity index (χ3v) is 4.06. The molecule has 0 spiro atoms. The van der Waals surface area contributed by atoms with Gasteiger partial charge in [-0.25, -0.2) is 8.42 Å². The summed E-state index contributed by atoms with van der Waals surface area (Å²) in [4.78, 5) is 12.1. The van der Waals surface area contributed by atoms with Crippen molar-refractivity contribution in [2.24, 2.45) is 11.1 Å². The van der Waals surface area contributed by atoms with Crippen molar-refractivity contribution in [1.82, 2.24) is 5.32 Å². The molecule has 0 heterocycles. The molecule has 1 rings (SSSR count). The van der Waals surface area contributed by atoms with Crippen LogP contribution in [-0.2, 0) is 21.2 Å². The highest BCUT2D eigenvalue weighted by Crippen LogP contribution is 2.14. The molecule has 1 aromatic carbocycles. The summed E-state index contributed by atoms with van der Waals surface area (Å²) >= 11 is 0. The predicted molar refractivity (Wildman–Crippen MR) is 81.5 cm³/mol. The largest absolute Gasteiger partial charge is 0.352 e. The summed E-state index contributed by atoms with van der Waals surface area (Å²) < 4.78 is 22.6. The van der Waals surface area contributed by atoms with Gasteiger partial charge < -0.3 is 11.1 Å². The molecular formula is C13H21ClN2O3S. The SMILES string of the molecule is CC(C)(CN)C(=O)NCc1ccc(S(C)(=O)=O)cc1.Cl. The Morgan fingerprint density at radius 2 is 1.75 bits per heavy atom. The van der Waals surface area contributed by atoms with Crippen molar-refractivity contribution in [3.8, 4) is 0 Å². The molecule has 114 valence electrons. The minimum atomic E-state index is -3.18. The van der Waals surface area contributed by atoms with Crippen molar-refractivity contribution < 1.29 is 13.2 Å². The van der Waals surface area contributed by atoms with Crippen molar-refractivity contribution in [1.29, 1.82) is 0 Å². The predicted octanol–water partition coefficient (Wildman–Crippen LogP) is 1.11. The van der Waals surface area contributed by atoms with Crippen LogP contribution in [0.25, 0.3) is 0 Å². The third-order valence-electron chi connectivity index (χ3n) is 2.93. The number of benzene rings is 1. The molecule has 20 heavy (non-hydrogen) atoms. The standard InChI is InChI=1S/C13H20N2O3S.ClH/c1-13(2,9-14)12(16)15-8-10-4-6-11(7-5-10)19(3,17)18;/h4-7H,8-9,14H2,1-3H3,(H,15,16);1H. The Hall–Kier alpha value is -1.11. The number of carbonyl (C=O) groups excluding carboxylic acids is 1. The summed E-state index contributed by atoms with van der Waals surface area (Å²) in [6.45, 7) is 4.17. The van der Waals surface area contributed by atoms with Crippen LogP contribution in [-0.4, -0.2) is 27.1 Å². The maximum atomic E-state index is 11.8. The summed E-state index contributed by atoms with van der Waals surface area (Å²) in [5, 5.41) is 2.78. The van der Waals surface area contributed by atoms with Gasteiger partial charge in [0.15, 0.2) is 9.84 Å². The summed E-state index contributed by atoms with van der Waals surface area (Å²) in [5.74, 6) is -0.123. The molecule has 0 aliphatic rings. The van der Waals surface area contributed by atoms with E-state index in [2.05, 4.69) is 5.32 Å². The fourth-order valence-corrected chi connectivity index (χ4v) is 2.00. The Bertz CT molecular complexity index is 553. The fourth-order valence-electron chi connectivity index (χ4n) is 1.37. The summed E-state index contributed by atoms with van der Waals surface area (Å²) in [5.41, 5.74) is 5.75. The molecule has 0 aliphatic carbocycles. The second-order valence-corrected chi connectivity index (χ2v) is 7.20. The van der Waals surface area contributed by atoms with E-state index in [0.29, 0.717) is 6.54 Å². The van der Waals surface area contributed by atoms with Gasteiger partial charge in [0.25, 0.3) is 0 Å². The highest BCUT2D eigenvalue weighted by Gasteiger charge is 2.25. The number of nitrogens with two attached hydrogens (primary N) is 1. The van der Waals surface area contributed by atoms with Crippen molar-refractivity contribution in [3.63, 3.8) is 0 Å². The monoisotopic (exact) mass is 320 g/mol. The lowest BCUT2D eigenvalue weighted by Crippen LogP contribution is -2.41. The van der Waals surface area contributed by atoms with E-state index in [-0.39, 0.29) is 29.8 Å². The number of nitrogens with one attached hydrogen (secondary N) is 1. The minimum absolute atomic E-state index is 0. The highest BCUT2D eigenvalue weighted by atomic mass is 35.5. The van der Waals surface area contributed by atoms with Crippen LogP contribution in [0.2, 0.25) is 0 Å². The third kappa shape index (κ3) is 5.11. The van der Waals surface area contributed by atoms with E-state index >= 15 is 0 Å². The number of rotatable bonds is 5. The van der Waals surface area contributed by atoms with Crippen LogP contribution in [0.3, 0.4) is 0 Å². The number of hydrogen-bond donors (Lipinski definition) is 2. The molecule has 0 aromatic heterocycles. The smallest absolute Gasteiger partial charge is 0.227 e. The molecule has 7 heteroatoms.